The zero-order valence-electron chi connectivity index (χ0n) is 6.62. The van der Waals surface area contributed by atoms with E-state index in [0.717, 1.165) is 11.1 Å². The lowest BCUT2D eigenvalue weighted by atomic mass is 9.89. The van der Waals surface area contributed by atoms with Gasteiger partial charge >= 0.3 is 0 Å². The second-order valence-corrected chi connectivity index (χ2v) is 3.11. The summed E-state index contributed by atoms with van der Waals surface area (Å²) in [4.78, 5) is 11.0. The molecule has 1 aliphatic rings. The van der Waals surface area contributed by atoms with E-state index >= 15 is 0 Å². The highest BCUT2D eigenvalue weighted by atomic mass is 16.3. The van der Waals surface area contributed by atoms with Crippen molar-refractivity contribution in [3.63, 3.8) is 0 Å². The summed E-state index contributed by atoms with van der Waals surface area (Å²) in [6.07, 6.45) is -0.228. The fourth-order valence-electron chi connectivity index (χ4n) is 1.61. The van der Waals surface area contributed by atoms with E-state index in [1.54, 1.807) is 0 Å². The summed E-state index contributed by atoms with van der Waals surface area (Å²) >= 11 is 0. The molecular formula is C10H9O2-. The quantitative estimate of drug-likeness (QED) is 0.559. The number of hydrogen-bond donors (Lipinski definition) is 0. The van der Waals surface area contributed by atoms with Gasteiger partial charge in [0.25, 0.3) is 0 Å². The van der Waals surface area contributed by atoms with Crippen molar-refractivity contribution in [3.05, 3.63) is 35.4 Å². The van der Waals surface area contributed by atoms with Gasteiger partial charge in [0.1, 0.15) is 5.78 Å². The second kappa shape index (κ2) is 2.72. The first-order chi connectivity index (χ1) is 5.77. The molecule has 0 saturated carbocycles. The van der Waals surface area contributed by atoms with Crippen LogP contribution in [0.4, 0.5) is 0 Å². The number of fused-ring (bicyclic) bond motifs is 1. The average Bonchev–Trinajstić information content (AvgIpc) is 2.04. The van der Waals surface area contributed by atoms with Crippen molar-refractivity contribution in [2.75, 3.05) is 0 Å². The van der Waals surface area contributed by atoms with Crippen LogP contribution in [0.15, 0.2) is 24.3 Å². The maximum atomic E-state index is 11.4. The average molecular weight is 161 g/mol. The molecule has 1 aromatic rings. The van der Waals surface area contributed by atoms with Crippen molar-refractivity contribution in [3.8, 4) is 0 Å². The molecule has 62 valence electrons. The molecule has 12 heavy (non-hydrogen) atoms. The minimum atomic E-state index is -0.831. The Morgan fingerprint density at radius 2 is 2.08 bits per heavy atom. The third-order valence-electron chi connectivity index (χ3n) is 2.20. The third-order valence-corrected chi connectivity index (χ3v) is 2.20. The van der Waals surface area contributed by atoms with Crippen molar-refractivity contribution in [2.24, 2.45) is 0 Å². The molecule has 0 radical (unpaired) electrons. The van der Waals surface area contributed by atoms with Crippen LogP contribution in [0.3, 0.4) is 0 Å². The number of hydrogen-bond acceptors (Lipinski definition) is 2. The van der Waals surface area contributed by atoms with Gasteiger partial charge < -0.3 is 5.11 Å². The summed E-state index contributed by atoms with van der Waals surface area (Å²) in [5, 5.41) is 11.4. The SMILES string of the molecule is O=C1Cc2ccccc2C([O-])C1. The van der Waals surface area contributed by atoms with Crippen LogP contribution in [0.25, 0.3) is 0 Å². The Morgan fingerprint density at radius 3 is 2.92 bits per heavy atom. The van der Waals surface area contributed by atoms with Crippen LogP contribution in [0.2, 0.25) is 0 Å². The van der Waals surface area contributed by atoms with Crippen molar-refractivity contribution in [2.45, 2.75) is 18.9 Å². The molecule has 1 atom stereocenters. The number of carbonyl (C=O) groups excluding carboxylic acids is 1. The van der Waals surface area contributed by atoms with Gasteiger partial charge in [0.05, 0.1) is 0 Å². The number of carbonyl (C=O) groups is 1. The van der Waals surface area contributed by atoms with Crippen molar-refractivity contribution in [1.82, 2.24) is 0 Å². The van der Waals surface area contributed by atoms with Gasteiger partial charge in [0.15, 0.2) is 0 Å². The summed E-state index contributed by atoms with van der Waals surface area (Å²) < 4.78 is 0. The van der Waals surface area contributed by atoms with Crippen LogP contribution in [-0.4, -0.2) is 5.78 Å². The van der Waals surface area contributed by atoms with E-state index in [0.29, 0.717) is 6.42 Å². The van der Waals surface area contributed by atoms with Crippen LogP contribution >= 0.6 is 0 Å². The molecule has 1 aliphatic carbocycles. The van der Waals surface area contributed by atoms with Crippen LogP contribution in [0.1, 0.15) is 23.7 Å². The molecule has 2 rings (SSSR count). The van der Waals surface area contributed by atoms with E-state index in [1.165, 1.54) is 0 Å². The fraction of sp³-hybridized carbons (Fsp3) is 0.300. The summed E-state index contributed by atoms with van der Waals surface area (Å²) in [5.74, 6) is 0.0636. The first-order valence-corrected chi connectivity index (χ1v) is 4.02. The molecule has 0 N–H and O–H groups in total. The lowest BCUT2D eigenvalue weighted by molar-refractivity contribution is -0.425. The molecule has 2 heteroatoms. The zero-order chi connectivity index (χ0) is 8.55. The Labute approximate surface area is 70.8 Å². The molecule has 0 aromatic heterocycles. The van der Waals surface area contributed by atoms with Gasteiger partial charge in [-0.1, -0.05) is 35.9 Å². The summed E-state index contributed by atoms with van der Waals surface area (Å²) in [7, 11) is 0. The van der Waals surface area contributed by atoms with E-state index in [-0.39, 0.29) is 12.2 Å². The Balaban J connectivity index is 2.47. The van der Waals surface area contributed by atoms with E-state index < -0.39 is 6.10 Å². The normalized spacial score (nSPS) is 22.1. The molecule has 2 nitrogen and oxygen atoms in total. The summed E-state index contributed by atoms with van der Waals surface area (Å²) in [5.41, 5.74) is 1.71. The third kappa shape index (κ3) is 1.14. The minimum Gasteiger partial charge on any atom is -0.848 e. The largest absolute Gasteiger partial charge is 0.848 e. The standard InChI is InChI=1S/C10H9O2/c11-8-5-7-3-1-2-4-9(7)10(12)6-8/h1-4,10H,5-6H2/q-1. The van der Waals surface area contributed by atoms with Gasteiger partial charge in [-0.3, -0.25) is 4.79 Å². The maximum absolute atomic E-state index is 11.4. The lowest BCUT2D eigenvalue weighted by Gasteiger charge is -2.28. The molecule has 1 aromatic carbocycles. The van der Waals surface area contributed by atoms with Crippen molar-refractivity contribution in [1.29, 1.82) is 0 Å². The number of rotatable bonds is 0. The second-order valence-electron chi connectivity index (χ2n) is 3.11. The van der Waals surface area contributed by atoms with Gasteiger partial charge in [-0.15, -0.1) is 0 Å². The Morgan fingerprint density at radius 1 is 1.33 bits per heavy atom. The molecule has 0 aliphatic heterocycles. The number of ketones is 1. The van der Waals surface area contributed by atoms with Crippen LogP contribution in [0.5, 0.6) is 0 Å². The number of Topliss-reactive ketones (excluding diaryl/α,β-unsaturated/α-hetero) is 1. The van der Waals surface area contributed by atoms with Crippen LogP contribution in [0, 0.1) is 0 Å². The van der Waals surface area contributed by atoms with E-state index in [9.17, 15) is 9.90 Å². The zero-order valence-corrected chi connectivity index (χ0v) is 6.62. The monoisotopic (exact) mass is 161 g/mol. The topological polar surface area (TPSA) is 40.1 Å². The minimum absolute atomic E-state index is 0.0636. The molecule has 0 bridgehead atoms. The van der Waals surface area contributed by atoms with Gasteiger partial charge in [-0.05, 0) is 12.0 Å². The fourth-order valence-corrected chi connectivity index (χ4v) is 1.61. The molecule has 0 fully saturated rings. The van der Waals surface area contributed by atoms with E-state index in [4.69, 9.17) is 0 Å². The van der Waals surface area contributed by atoms with E-state index in [1.807, 2.05) is 24.3 Å². The predicted molar refractivity (Wildman–Crippen MR) is 42.5 cm³/mol. The first-order valence-electron chi connectivity index (χ1n) is 4.02. The van der Waals surface area contributed by atoms with E-state index in [2.05, 4.69) is 0 Å². The van der Waals surface area contributed by atoms with Crippen LogP contribution in [-0.2, 0) is 11.2 Å². The van der Waals surface area contributed by atoms with Crippen molar-refractivity contribution >= 4 is 5.78 Å². The predicted octanol–water partition coefficient (Wildman–Crippen LogP) is 0.603. The summed E-state index contributed by atoms with van der Waals surface area (Å²) in [6, 6.07) is 7.39. The molecule has 0 spiro atoms. The smallest absolute Gasteiger partial charge is 0.136 e. The van der Waals surface area contributed by atoms with Gasteiger partial charge in [0.2, 0.25) is 0 Å². The highest BCUT2D eigenvalue weighted by molar-refractivity contribution is 5.83. The van der Waals surface area contributed by atoms with Crippen molar-refractivity contribution < 1.29 is 9.90 Å². The first kappa shape index (κ1) is 7.50. The molecule has 0 amide bonds. The lowest BCUT2D eigenvalue weighted by Crippen LogP contribution is -2.26. The Kier molecular flexibility index (Phi) is 1.70. The van der Waals surface area contributed by atoms with Gasteiger partial charge in [-0.25, -0.2) is 0 Å². The van der Waals surface area contributed by atoms with Crippen LogP contribution < -0.4 is 5.11 Å². The molecule has 0 saturated heterocycles. The van der Waals surface area contributed by atoms with Gasteiger partial charge in [0, 0.05) is 6.42 Å². The Hall–Kier alpha value is -1.15. The van der Waals surface area contributed by atoms with Gasteiger partial charge in [-0.2, -0.15) is 0 Å². The number of benzene rings is 1. The highest BCUT2D eigenvalue weighted by Crippen LogP contribution is 2.24. The maximum Gasteiger partial charge on any atom is 0.136 e. The molecule has 1 unspecified atom stereocenters. The molecular weight excluding hydrogens is 152 g/mol. The summed E-state index contributed by atoms with van der Waals surface area (Å²) in [6.45, 7) is 0. The molecule has 0 heterocycles. The Bertz CT molecular complexity index is 317. The highest BCUT2D eigenvalue weighted by Gasteiger charge is 2.16.